The second-order valence-corrected chi connectivity index (χ2v) is 3.82. The summed E-state index contributed by atoms with van der Waals surface area (Å²) in [6, 6.07) is 0. The van der Waals surface area contributed by atoms with Crippen LogP contribution < -0.4 is 0 Å². The van der Waals surface area contributed by atoms with Gasteiger partial charge in [0.1, 0.15) is 0 Å². The predicted molar refractivity (Wildman–Crippen MR) is 69.6 cm³/mol. The zero-order valence-corrected chi connectivity index (χ0v) is 11.6. The summed E-state index contributed by atoms with van der Waals surface area (Å²) in [6.07, 6.45) is 1.44. The average molecular weight is 240 g/mol. The number of nitrogens with zero attached hydrogens (tertiary/aromatic N) is 2. The molecule has 17 heavy (non-hydrogen) atoms. The largest absolute Gasteiger partial charge is 0.340 e. The van der Waals surface area contributed by atoms with Gasteiger partial charge in [-0.15, -0.1) is 0 Å². The molecule has 4 nitrogen and oxygen atoms in total. The van der Waals surface area contributed by atoms with Crippen molar-refractivity contribution >= 4 is 11.8 Å². The molecule has 0 bridgehead atoms. The summed E-state index contributed by atoms with van der Waals surface area (Å²) < 4.78 is 0. The van der Waals surface area contributed by atoms with E-state index < -0.39 is 0 Å². The van der Waals surface area contributed by atoms with Crippen molar-refractivity contribution in [3.63, 3.8) is 0 Å². The summed E-state index contributed by atoms with van der Waals surface area (Å²) in [5.41, 5.74) is 0.505. The lowest BCUT2D eigenvalue weighted by molar-refractivity contribution is -0.128. The van der Waals surface area contributed by atoms with E-state index in [1.54, 1.807) is 16.7 Å². The Morgan fingerprint density at radius 3 is 1.65 bits per heavy atom. The van der Waals surface area contributed by atoms with E-state index in [4.69, 9.17) is 0 Å². The molecule has 0 heterocycles. The SMILES string of the molecule is CCN(CC)C(=O)C=C(C)C(=O)N(CC)CC. The normalized spacial score (nSPS) is 11.2. The topological polar surface area (TPSA) is 40.6 Å². The molecule has 0 unspecified atom stereocenters. The van der Waals surface area contributed by atoms with Crippen LogP contribution in [-0.4, -0.2) is 47.8 Å². The van der Waals surface area contributed by atoms with Gasteiger partial charge in [0.05, 0.1) is 0 Å². The summed E-state index contributed by atoms with van der Waals surface area (Å²) in [4.78, 5) is 27.1. The Morgan fingerprint density at radius 2 is 1.29 bits per heavy atom. The van der Waals surface area contributed by atoms with Crippen LogP contribution in [0.3, 0.4) is 0 Å². The zero-order valence-electron chi connectivity index (χ0n) is 11.6. The van der Waals surface area contributed by atoms with E-state index in [1.165, 1.54) is 6.08 Å². The summed E-state index contributed by atoms with van der Waals surface area (Å²) in [5, 5.41) is 0. The van der Waals surface area contributed by atoms with Crippen molar-refractivity contribution < 1.29 is 9.59 Å². The van der Waals surface area contributed by atoms with Crippen molar-refractivity contribution in [3.8, 4) is 0 Å². The first-order valence-corrected chi connectivity index (χ1v) is 6.28. The lowest BCUT2D eigenvalue weighted by Gasteiger charge is -2.20. The maximum atomic E-state index is 11.9. The minimum atomic E-state index is -0.0898. The second-order valence-electron chi connectivity index (χ2n) is 3.82. The Bertz CT molecular complexity index is 290. The third-order valence-corrected chi connectivity index (χ3v) is 2.80. The maximum Gasteiger partial charge on any atom is 0.249 e. The lowest BCUT2D eigenvalue weighted by Crippen LogP contribution is -2.33. The van der Waals surface area contributed by atoms with Crippen LogP contribution in [0.2, 0.25) is 0 Å². The zero-order chi connectivity index (χ0) is 13.4. The van der Waals surface area contributed by atoms with Gasteiger partial charge in [-0.2, -0.15) is 0 Å². The third kappa shape index (κ3) is 4.59. The molecule has 0 saturated heterocycles. The molecule has 0 N–H and O–H groups in total. The van der Waals surface area contributed by atoms with E-state index in [2.05, 4.69) is 0 Å². The Morgan fingerprint density at radius 1 is 0.882 bits per heavy atom. The summed E-state index contributed by atoms with van der Waals surface area (Å²) in [7, 11) is 0. The van der Waals surface area contributed by atoms with E-state index >= 15 is 0 Å². The number of carbonyl (C=O) groups is 2. The van der Waals surface area contributed by atoms with Crippen LogP contribution in [-0.2, 0) is 9.59 Å². The molecule has 0 aliphatic carbocycles. The van der Waals surface area contributed by atoms with Crippen LogP contribution in [0.1, 0.15) is 34.6 Å². The van der Waals surface area contributed by atoms with Crippen LogP contribution in [0.25, 0.3) is 0 Å². The third-order valence-electron chi connectivity index (χ3n) is 2.80. The van der Waals surface area contributed by atoms with Crippen LogP contribution in [0, 0.1) is 0 Å². The van der Waals surface area contributed by atoms with Gasteiger partial charge < -0.3 is 9.80 Å². The quantitative estimate of drug-likeness (QED) is 0.663. The molecule has 0 aliphatic rings. The second kappa shape index (κ2) is 7.87. The molecule has 0 radical (unpaired) electrons. The van der Waals surface area contributed by atoms with Gasteiger partial charge in [0.25, 0.3) is 0 Å². The molecule has 0 aromatic heterocycles. The molecule has 98 valence electrons. The number of rotatable bonds is 6. The van der Waals surface area contributed by atoms with Gasteiger partial charge in [0.2, 0.25) is 11.8 Å². The van der Waals surface area contributed by atoms with E-state index in [-0.39, 0.29) is 11.8 Å². The van der Waals surface area contributed by atoms with Gasteiger partial charge in [-0.05, 0) is 34.6 Å². The number of likely N-dealkylation sites (N-methyl/N-ethyl adjacent to an activating group) is 2. The number of amides is 2. The Balaban J connectivity index is 4.73. The molecule has 0 rings (SSSR count). The molecule has 4 heteroatoms. The van der Waals surface area contributed by atoms with Crippen LogP contribution in [0.15, 0.2) is 11.6 Å². The molecular weight excluding hydrogens is 216 g/mol. The van der Waals surface area contributed by atoms with Crippen molar-refractivity contribution in [1.82, 2.24) is 9.80 Å². The molecule has 0 atom stereocenters. The van der Waals surface area contributed by atoms with Gasteiger partial charge >= 0.3 is 0 Å². The van der Waals surface area contributed by atoms with E-state index in [9.17, 15) is 9.59 Å². The first kappa shape index (κ1) is 15.7. The minimum Gasteiger partial charge on any atom is -0.340 e. The molecule has 0 spiro atoms. The summed E-state index contributed by atoms with van der Waals surface area (Å²) in [5.74, 6) is -0.150. The highest BCUT2D eigenvalue weighted by Gasteiger charge is 2.14. The fraction of sp³-hybridized carbons (Fsp3) is 0.692. The monoisotopic (exact) mass is 240 g/mol. The highest BCUT2D eigenvalue weighted by atomic mass is 16.2. The van der Waals surface area contributed by atoms with Crippen molar-refractivity contribution in [2.24, 2.45) is 0 Å². The van der Waals surface area contributed by atoms with Gasteiger partial charge in [-0.1, -0.05) is 0 Å². The summed E-state index contributed by atoms with van der Waals surface area (Å²) in [6.45, 7) is 12.1. The number of hydrogen-bond donors (Lipinski definition) is 0. The van der Waals surface area contributed by atoms with Crippen LogP contribution in [0.5, 0.6) is 0 Å². The molecule has 0 saturated carbocycles. The highest BCUT2D eigenvalue weighted by molar-refractivity contribution is 6.00. The molecular formula is C13H24N2O2. The van der Waals surface area contributed by atoms with E-state index in [0.717, 1.165) is 0 Å². The fourth-order valence-corrected chi connectivity index (χ4v) is 1.63. The van der Waals surface area contributed by atoms with Gasteiger partial charge in [0.15, 0.2) is 0 Å². The Labute approximate surface area is 104 Å². The van der Waals surface area contributed by atoms with Gasteiger partial charge in [-0.25, -0.2) is 0 Å². The lowest BCUT2D eigenvalue weighted by atomic mass is 10.2. The molecule has 2 amide bonds. The Hall–Kier alpha value is -1.32. The smallest absolute Gasteiger partial charge is 0.249 e. The van der Waals surface area contributed by atoms with E-state index in [1.807, 2.05) is 27.7 Å². The van der Waals surface area contributed by atoms with Crippen LogP contribution in [0.4, 0.5) is 0 Å². The van der Waals surface area contributed by atoms with Gasteiger partial charge in [-0.3, -0.25) is 9.59 Å². The van der Waals surface area contributed by atoms with Crippen molar-refractivity contribution in [3.05, 3.63) is 11.6 Å². The first-order chi connectivity index (χ1) is 8.01. The number of hydrogen-bond acceptors (Lipinski definition) is 2. The van der Waals surface area contributed by atoms with Gasteiger partial charge in [0, 0.05) is 37.8 Å². The Kier molecular flexibility index (Phi) is 7.26. The first-order valence-electron chi connectivity index (χ1n) is 6.28. The predicted octanol–water partition coefficient (Wildman–Crippen LogP) is 1.67. The molecule has 0 fully saturated rings. The van der Waals surface area contributed by atoms with Crippen LogP contribution >= 0.6 is 0 Å². The van der Waals surface area contributed by atoms with E-state index in [0.29, 0.717) is 31.8 Å². The standard InChI is InChI=1S/C13H24N2O2/c1-6-14(7-2)12(16)10-11(5)13(17)15(8-3)9-4/h10H,6-9H2,1-5H3. The van der Waals surface area contributed by atoms with Crippen molar-refractivity contribution in [1.29, 1.82) is 0 Å². The average Bonchev–Trinajstić information content (AvgIpc) is 2.31. The highest BCUT2D eigenvalue weighted by Crippen LogP contribution is 2.03. The summed E-state index contributed by atoms with van der Waals surface area (Å²) >= 11 is 0. The maximum absolute atomic E-state index is 11.9. The fourth-order valence-electron chi connectivity index (χ4n) is 1.63. The number of carbonyl (C=O) groups excluding carboxylic acids is 2. The molecule has 0 aromatic rings. The molecule has 0 aliphatic heterocycles. The molecule has 0 aromatic carbocycles. The minimum absolute atomic E-state index is 0.0597. The van der Waals surface area contributed by atoms with Crippen molar-refractivity contribution in [2.75, 3.05) is 26.2 Å². The van der Waals surface area contributed by atoms with Crippen molar-refractivity contribution in [2.45, 2.75) is 34.6 Å².